The van der Waals surface area contributed by atoms with Gasteiger partial charge in [-0.1, -0.05) is 37.3 Å². The van der Waals surface area contributed by atoms with Crippen molar-refractivity contribution in [1.29, 1.82) is 0 Å². The van der Waals surface area contributed by atoms with Gasteiger partial charge < -0.3 is 19.9 Å². The van der Waals surface area contributed by atoms with E-state index in [9.17, 15) is 0 Å². The minimum absolute atomic E-state index is 0.541. The molecule has 0 spiro atoms. The lowest BCUT2D eigenvalue weighted by molar-refractivity contribution is 0.113. The molecule has 1 unspecified atom stereocenters. The lowest BCUT2D eigenvalue weighted by Crippen LogP contribution is -2.47. The fourth-order valence-corrected chi connectivity index (χ4v) is 5.56. The molecule has 8 nitrogen and oxygen atoms in total. The number of benzene rings is 2. The second kappa shape index (κ2) is 12.7. The molecule has 2 aromatic carbocycles. The van der Waals surface area contributed by atoms with Gasteiger partial charge in [-0.3, -0.25) is 4.90 Å². The maximum absolute atomic E-state index is 6.35. The summed E-state index contributed by atoms with van der Waals surface area (Å²) >= 11 is 0. The molecule has 9 rings (SSSR count). The summed E-state index contributed by atoms with van der Waals surface area (Å²) < 4.78 is 6.35. The van der Waals surface area contributed by atoms with Gasteiger partial charge in [0.15, 0.2) is 0 Å². The first-order valence-corrected chi connectivity index (χ1v) is 14.6. The van der Waals surface area contributed by atoms with Crippen molar-refractivity contribution in [1.82, 2.24) is 24.8 Å². The molecule has 7 heterocycles. The van der Waals surface area contributed by atoms with E-state index in [0.717, 1.165) is 91.9 Å². The van der Waals surface area contributed by atoms with E-state index in [1.807, 2.05) is 36.5 Å². The van der Waals surface area contributed by atoms with Crippen molar-refractivity contribution < 1.29 is 4.74 Å². The van der Waals surface area contributed by atoms with Crippen LogP contribution in [0.3, 0.4) is 0 Å². The Morgan fingerprint density at radius 3 is 2.54 bits per heavy atom. The van der Waals surface area contributed by atoms with Gasteiger partial charge in [-0.05, 0) is 54.3 Å². The second-order valence-electron chi connectivity index (χ2n) is 11.3. The van der Waals surface area contributed by atoms with E-state index >= 15 is 0 Å². The fourth-order valence-electron chi connectivity index (χ4n) is 5.56. The van der Waals surface area contributed by atoms with Gasteiger partial charge in [0, 0.05) is 82.1 Å². The molecule has 41 heavy (non-hydrogen) atoms. The molecule has 0 saturated carbocycles. The highest BCUT2D eigenvalue weighted by atomic mass is 16.5. The van der Waals surface area contributed by atoms with Crippen LogP contribution in [0.1, 0.15) is 24.5 Å². The van der Waals surface area contributed by atoms with Gasteiger partial charge in [-0.15, -0.1) is 0 Å². The summed E-state index contributed by atoms with van der Waals surface area (Å²) in [5, 5.41) is 3.43. The van der Waals surface area contributed by atoms with Crippen LogP contribution in [0, 0.1) is 5.92 Å². The molecule has 1 atom stereocenters. The van der Waals surface area contributed by atoms with Gasteiger partial charge in [0.05, 0.1) is 5.69 Å². The Labute approximate surface area is 243 Å². The maximum atomic E-state index is 6.35. The number of pyridine rings is 1. The highest BCUT2D eigenvalue weighted by Gasteiger charge is 2.21. The van der Waals surface area contributed by atoms with Crippen LogP contribution in [0.25, 0.3) is 11.3 Å². The molecule has 2 aromatic heterocycles. The van der Waals surface area contributed by atoms with E-state index in [-0.39, 0.29) is 0 Å². The number of ether oxygens (including phenoxy) is 1. The Hall–Kier alpha value is -4.01. The number of nitrogens with one attached hydrogen (secondary N) is 1. The minimum atomic E-state index is 0.541. The van der Waals surface area contributed by atoms with Crippen LogP contribution in [-0.2, 0) is 13.2 Å². The van der Waals surface area contributed by atoms with Crippen LogP contribution in [0.5, 0.6) is 5.75 Å². The van der Waals surface area contributed by atoms with E-state index < -0.39 is 0 Å². The summed E-state index contributed by atoms with van der Waals surface area (Å²) in [6.45, 7) is 10.1. The maximum Gasteiger partial charge on any atom is 0.227 e. The minimum Gasteiger partial charge on any atom is -0.489 e. The van der Waals surface area contributed by atoms with Crippen molar-refractivity contribution in [2.75, 3.05) is 56.5 Å². The highest BCUT2D eigenvalue weighted by Crippen LogP contribution is 2.28. The largest absolute Gasteiger partial charge is 0.489 e. The first kappa shape index (κ1) is 27.2. The predicted molar refractivity (Wildman–Crippen MR) is 165 cm³/mol. The zero-order valence-electron chi connectivity index (χ0n) is 24.0. The summed E-state index contributed by atoms with van der Waals surface area (Å²) in [5.41, 5.74) is 5.07. The Kier molecular flexibility index (Phi) is 8.39. The molecule has 1 N–H and O–H groups in total. The molecule has 0 radical (unpaired) electrons. The van der Waals surface area contributed by atoms with Crippen LogP contribution in [-0.4, -0.2) is 71.1 Å². The van der Waals surface area contributed by atoms with Crippen molar-refractivity contribution in [2.24, 2.45) is 5.92 Å². The zero-order chi connectivity index (χ0) is 28.0. The quantitative estimate of drug-likeness (QED) is 0.362. The third-order valence-corrected chi connectivity index (χ3v) is 8.03. The first-order valence-electron chi connectivity index (χ1n) is 14.6. The summed E-state index contributed by atoms with van der Waals surface area (Å²) in [7, 11) is 2.13. The summed E-state index contributed by atoms with van der Waals surface area (Å²) in [6, 6.07) is 22.7. The van der Waals surface area contributed by atoms with E-state index in [0.29, 0.717) is 18.5 Å². The van der Waals surface area contributed by atoms with Crippen molar-refractivity contribution in [3.05, 3.63) is 90.3 Å². The molecule has 5 aliphatic heterocycles. The lowest BCUT2D eigenvalue weighted by atomic mass is 10.1. The van der Waals surface area contributed by atoms with Gasteiger partial charge in [0.1, 0.15) is 18.2 Å². The van der Waals surface area contributed by atoms with Gasteiger partial charge >= 0.3 is 0 Å². The van der Waals surface area contributed by atoms with Crippen molar-refractivity contribution in [3.63, 3.8) is 0 Å². The van der Waals surface area contributed by atoms with E-state index in [4.69, 9.17) is 14.7 Å². The Bertz CT molecular complexity index is 1420. The third kappa shape index (κ3) is 7.01. The van der Waals surface area contributed by atoms with Gasteiger partial charge in [-0.2, -0.15) is 0 Å². The molecular formula is C33H39N7O. The van der Waals surface area contributed by atoms with E-state index in [1.54, 1.807) is 6.20 Å². The lowest BCUT2D eigenvalue weighted by Gasteiger charge is -2.36. The molecule has 0 aliphatic carbocycles. The monoisotopic (exact) mass is 549 g/mol. The first-order chi connectivity index (χ1) is 20.1. The topological polar surface area (TPSA) is 69.6 Å². The zero-order valence-corrected chi connectivity index (χ0v) is 24.0. The Morgan fingerprint density at radius 1 is 0.902 bits per heavy atom. The third-order valence-electron chi connectivity index (χ3n) is 8.03. The average Bonchev–Trinajstić information content (AvgIpc) is 3.01. The van der Waals surface area contributed by atoms with Gasteiger partial charge in [0.25, 0.3) is 0 Å². The highest BCUT2D eigenvalue weighted by molar-refractivity contribution is 5.63. The van der Waals surface area contributed by atoms with Crippen LogP contribution in [0.2, 0.25) is 0 Å². The molecule has 8 bridgehead atoms. The number of anilines is 3. The molecule has 1 saturated heterocycles. The van der Waals surface area contributed by atoms with Crippen LogP contribution < -0.4 is 15.0 Å². The summed E-state index contributed by atoms with van der Waals surface area (Å²) in [5.74, 6) is 3.08. The number of hydrogen-bond donors (Lipinski definition) is 1. The molecular weight excluding hydrogens is 510 g/mol. The summed E-state index contributed by atoms with van der Waals surface area (Å²) in [6.07, 6.45) is 4.83. The van der Waals surface area contributed by atoms with Crippen LogP contribution in [0.15, 0.2) is 79.1 Å². The van der Waals surface area contributed by atoms with Gasteiger partial charge in [-0.25, -0.2) is 15.0 Å². The Morgan fingerprint density at radius 2 is 1.73 bits per heavy atom. The molecule has 5 aliphatic rings. The fraction of sp³-hybridized carbons (Fsp3) is 0.364. The average molecular weight is 550 g/mol. The molecule has 0 amide bonds. The number of hydrogen-bond acceptors (Lipinski definition) is 8. The van der Waals surface area contributed by atoms with E-state index in [1.165, 1.54) is 0 Å². The smallest absolute Gasteiger partial charge is 0.227 e. The van der Waals surface area contributed by atoms with Crippen molar-refractivity contribution >= 4 is 17.5 Å². The Balaban J connectivity index is 1.29. The van der Waals surface area contributed by atoms with Crippen LogP contribution in [0.4, 0.5) is 17.5 Å². The molecule has 1 fully saturated rings. The summed E-state index contributed by atoms with van der Waals surface area (Å²) in [4.78, 5) is 21.4. The predicted octanol–water partition coefficient (Wildman–Crippen LogP) is 5.45. The van der Waals surface area contributed by atoms with Crippen molar-refractivity contribution in [2.45, 2.75) is 26.5 Å². The number of rotatable bonds is 3. The molecule has 8 heteroatoms. The standard InChI is InChI=1S/C33H39N7O/c1-25-13-15-38(2)32-11-8-27(21-35-32)30-12-14-34-33(37-30)36-29-9-10-31(41-24-26-6-4-3-5-7-26)28(20-29)23-40-18-16-39(22-25)17-19-40/h3-12,14,20-21,25H,13,15-19,22-24H2,1-2H3,(H,34,36,37). The van der Waals surface area contributed by atoms with Crippen molar-refractivity contribution in [3.8, 4) is 17.0 Å². The van der Waals surface area contributed by atoms with Crippen LogP contribution >= 0.6 is 0 Å². The number of nitrogens with zero attached hydrogens (tertiary/aromatic N) is 6. The van der Waals surface area contributed by atoms with E-state index in [2.05, 4.69) is 75.4 Å². The van der Waals surface area contributed by atoms with Gasteiger partial charge in [0.2, 0.25) is 5.95 Å². The number of aromatic nitrogens is 3. The number of piperazine rings is 1. The molecule has 4 aromatic rings. The SMILES string of the molecule is CC1CCN(C)c2ccc(cn2)-c2ccnc(n2)Nc2ccc(OCc3ccccc3)c(c2)CN2CCN(CC2)C1. The molecule has 212 valence electrons. The second-order valence-corrected chi connectivity index (χ2v) is 11.3. The normalized spacial score (nSPS) is 21.1.